The Morgan fingerprint density at radius 2 is 2.33 bits per heavy atom. The first-order valence-electron chi connectivity index (χ1n) is 5.63. The Morgan fingerprint density at radius 1 is 1.60 bits per heavy atom. The number of aliphatic hydroxyl groups is 1. The largest absolute Gasteiger partial charge is 0.394 e. The normalized spacial score (nSPS) is 22.1. The van der Waals surface area contributed by atoms with Crippen LogP contribution in [0.3, 0.4) is 0 Å². The van der Waals surface area contributed by atoms with Crippen LogP contribution in [0.2, 0.25) is 0 Å². The number of nitrogens with zero attached hydrogens (tertiary/aromatic N) is 1. The molecule has 1 unspecified atom stereocenters. The van der Waals surface area contributed by atoms with Crippen LogP contribution in [0.25, 0.3) is 0 Å². The Balaban J connectivity index is 2.32. The van der Waals surface area contributed by atoms with Crippen molar-refractivity contribution in [2.75, 3.05) is 26.3 Å². The first-order chi connectivity index (χ1) is 7.13. The summed E-state index contributed by atoms with van der Waals surface area (Å²) in [6.45, 7) is 5.96. The summed E-state index contributed by atoms with van der Waals surface area (Å²) in [4.78, 5) is 13.6. The second-order valence-corrected chi connectivity index (χ2v) is 4.45. The second kappa shape index (κ2) is 6.08. The van der Waals surface area contributed by atoms with Crippen molar-refractivity contribution in [1.82, 2.24) is 4.90 Å². The second-order valence-electron chi connectivity index (χ2n) is 4.45. The first kappa shape index (κ1) is 12.5. The number of hydrogen-bond acceptors (Lipinski definition) is 3. The van der Waals surface area contributed by atoms with Crippen molar-refractivity contribution in [1.29, 1.82) is 0 Å². The lowest BCUT2D eigenvalue weighted by atomic mass is 10.1. The van der Waals surface area contributed by atoms with Gasteiger partial charge in [-0.15, -0.1) is 0 Å². The maximum Gasteiger partial charge on any atom is 0.222 e. The van der Waals surface area contributed by atoms with Gasteiger partial charge in [-0.3, -0.25) is 4.79 Å². The van der Waals surface area contributed by atoms with Gasteiger partial charge in [0.15, 0.2) is 0 Å². The van der Waals surface area contributed by atoms with Gasteiger partial charge in [0.05, 0.1) is 19.3 Å². The van der Waals surface area contributed by atoms with Crippen molar-refractivity contribution in [3.8, 4) is 0 Å². The minimum Gasteiger partial charge on any atom is -0.394 e. The van der Waals surface area contributed by atoms with Gasteiger partial charge in [0.2, 0.25) is 5.91 Å². The maximum absolute atomic E-state index is 11.8. The molecule has 1 aliphatic rings. The minimum absolute atomic E-state index is 0.00599. The molecule has 1 atom stereocenters. The average molecular weight is 215 g/mol. The minimum atomic E-state index is -0.193. The predicted octanol–water partition coefficient (Wildman–Crippen LogP) is 0.642. The molecule has 1 heterocycles. The van der Waals surface area contributed by atoms with Crippen molar-refractivity contribution in [2.45, 2.75) is 32.8 Å². The van der Waals surface area contributed by atoms with Gasteiger partial charge >= 0.3 is 0 Å². The maximum atomic E-state index is 11.8. The third kappa shape index (κ3) is 4.18. The standard InChI is InChI=1S/C11H21NO3/c1-9(2)3-4-11(14)12-5-6-15-10(7-12)8-13/h9-10,13H,3-8H2,1-2H3. The van der Waals surface area contributed by atoms with Crippen LogP contribution in [0.1, 0.15) is 26.7 Å². The summed E-state index contributed by atoms with van der Waals surface area (Å²) in [6.07, 6.45) is 1.34. The molecule has 0 bridgehead atoms. The average Bonchev–Trinajstić information content (AvgIpc) is 2.26. The van der Waals surface area contributed by atoms with E-state index in [1.807, 2.05) is 0 Å². The molecule has 88 valence electrons. The van der Waals surface area contributed by atoms with Gasteiger partial charge in [-0.05, 0) is 12.3 Å². The molecule has 4 heteroatoms. The summed E-state index contributed by atoms with van der Waals surface area (Å²) >= 11 is 0. The molecule has 0 aromatic heterocycles. The van der Waals surface area contributed by atoms with Gasteiger partial charge in [0, 0.05) is 19.5 Å². The quantitative estimate of drug-likeness (QED) is 0.749. The van der Waals surface area contributed by atoms with Gasteiger partial charge in [-0.2, -0.15) is 0 Å². The summed E-state index contributed by atoms with van der Waals surface area (Å²) in [5.74, 6) is 0.745. The predicted molar refractivity (Wildman–Crippen MR) is 57.5 cm³/mol. The van der Waals surface area contributed by atoms with Crippen LogP contribution in [0.15, 0.2) is 0 Å². The third-order valence-electron chi connectivity index (χ3n) is 2.63. The molecule has 1 amide bonds. The van der Waals surface area contributed by atoms with E-state index >= 15 is 0 Å². The summed E-state index contributed by atoms with van der Waals surface area (Å²) in [7, 11) is 0. The molecule has 1 rings (SSSR count). The number of rotatable bonds is 4. The molecule has 15 heavy (non-hydrogen) atoms. The van der Waals surface area contributed by atoms with E-state index < -0.39 is 0 Å². The molecule has 4 nitrogen and oxygen atoms in total. The van der Waals surface area contributed by atoms with Crippen LogP contribution in [0.4, 0.5) is 0 Å². The molecule has 1 N–H and O–H groups in total. The SMILES string of the molecule is CC(C)CCC(=O)N1CCOC(CO)C1. The molecule has 0 aromatic carbocycles. The monoisotopic (exact) mass is 215 g/mol. The van der Waals surface area contributed by atoms with Crippen molar-refractivity contribution in [3.63, 3.8) is 0 Å². The van der Waals surface area contributed by atoms with Crippen LogP contribution in [-0.2, 0) is 9.53 Å². The van der Waals surface area contributed by atoms with Crippen LogP contribution in [0, 0.1) is 5.92 Å². The molecule has 1 fully saturated rings. The first-order valence-corrected chi connectivity index (χ1v) is 5.63. The van der Waals surface area contributed by atoms with Crippen molar-refractivity contribution < 1.29 is 14.6 Å². The Labute approximate surface area is 91.2 Å². The van der Waals surface area contributed by atoms with E-state index in [2.05, 4.69) is 13.8 Å². The fourth-order valence-electron chi connectivity index (χ4n) is 1.63. The van der Waals surface area contributed by atoms with Crippen LogP contribution in [-0.4, -0.2) is 48.3 Å². The zero-order chi connectivity index (χ0) is 11.3. The van der Waals surface area contributed by atoms with Gasteiger partial charge in [-0.1, -0.05) is 13.8 Å². The molecule has 0 radical (unpaired) electrons. The van der Waals surface area contributed by atoms with Crippen LogP contribution < -0.4 is 0 Å². The molecule has 1 aliphatic heterocycles. The molecular weight excluding hydrogens is 194 g/mol. The van der Waals surface area contributed by atoms with Gasteiger partial charge < -0.3 is 14.7 Å². The molecule has 0 saturated carbocycles. The number of ether oxygens (including phenoxy) is 1. The fourth-order valence-corrected chi connectivity index (χ4v) is 1.63. The molecule has 1 saturated heterocycles. The molecule has 0 aromatic rings. The number of hydrogen-bond donors (Lipinski definition) is 1. The third-order valence-corrected chi connectivity index (χ3v) is 2.63. The smallest absolute Gasteiger partial charge is 0.222 e. The van der Waals surface area contributed by atoms with E-state index in [0.29, 0.717) is 32.0 Å². The number of aliphatic hydroxyl groups excluding tert-OH is 1. The fraction of sp³-hybridized carbons (Fsp3) is 0.909. The van der Waals surface area contributed by atoms with E-state index in [9.17, 15) is 4.79 Å². The summed E-state index contributed by atoms with van der Waals surface area (Å²) in [6, 6.07) is 0. The zero-order valence-corrected chi connectivity index (χ0v) is 9.61. The van der Waals surface area contributed by atoms with Crippen LogP contribution in [0.5, 0.6) is 0 Å². The van der Waals surface area contributed by atoms with E-state index in [1.165, 1.54) is 0 Å². The molecule has 0 spiro atoms. The highest BCUT2D eigenvalue weighted by Gasteiger charge is 2.23. The number of carbonyl (C=O) groups is 1. The van der Waals surface area contributed by atoms with E-state index in [-0.39, 0.29) is 18.6 Å². The number of carbonyl (C=O) groups excluding carboxylic acids is 1. The summed E-state index contributed by atoms with van der Waals surface area (Å²) in [5.41, 5.74) is 0. The van der Waals surface area contributed by atoms with Gasteiger partial charge in [-0.25, -0.2) is 0 Å². The highest BCUT2D eigenvalue weighted by molar-refractivity contribution is 5.76. The molecular formula is C11H21NO3. The van der Waals surface area contributed by atoms with E-state index in [0.717, 1.165) is 6.42 Å². The number of amides is 1. The summed E-state index contributed by atoms with van der Waals surface area (Å²) < 4.78 is 5.29. The number of morpholine rings is 1. The Kier molecular flexibility index (Phi) is 5.05. The van der Waals surface area contributed by atoms with Gasteiger partial charge in [0.1, 0.15) is 0 Å². The zero-order valence-electron chi connectivity index (χ0n) is 9.61. The van der Waals surface area contributed by atoms with E-state index in [1.54, 1.807) is 4.90 Å². The Hall–Kier alpha value is -0.610. The Morgan fingerprint density at radius 3 is 2.93 bits per heavy atom. The Bertz CT molecular complexity index is 206. The van der Waals surface area contributed by atoms with Crippen LogP contribution >= 0.6 is 0 Å². The van der Waals surface area contributed by atoms with Crippen molar-refractivity contribution >= 4 is 5.91 Å². The van der Waals surface area contributed by atoms with Crippen molar-refractivity contribution in [2.24, 2.45) is 5.92 Å². The van der Waals surface area contributed by atoms with Crippen molar-refractivity contribution in [3.05, 3.63) is 0 Å². The lowest BCUT2D eigenvalue weighted by Gasteiger charge is -2.32. The highest BCUT2D eigenvalue weighted by Crippen LogP contribution is 2.10. The van der Waals surface area contributed by atoms with Gasteiger partial charge in [0.25, 0.3) is 0 Å². The summed E-state index contributed by atoms with van der Waals surface area (Å²) in [5, 5.41) is 8.95. The molecule has 0 aliphatic carbocycles. The highest BCUT2D eigenvalue weighted by atomic mass is 16.5. The van der Waals surface area contributed by atoms with E-state index in [4.69, 9.17) is 9.84 Å². The lowest BCUT2D eigenvalue weighted by molar-refractivity contribution is -0.140. The lowest BCUT2D eigenvalue weighted by Crippen LogP contribution is -2.46. The topological polar surface area (TPSA) is 49.8 Å².